The number of anilines is 1. The van der Waals surface area contributed by atoms with Gasteiger partial charge in [0.05, 0.1) is 17.0 Å². The molecule has 1 N–H and O–H groups in total. The van der Waals surface area contributed by atoms with Crippen LogP contribution in [0.5, 0.6) is 0 Å². The summed E-state index contributed by atoms with van der Waals surface area (Å²) >= 11 is 4.27. The second kappa shape index (κ2) is 8.13. The third-order valence-electron chi connectivity index (χ3n) is 3.31. The fourth-order valence-electron chi connectivity index (χ4n) is 2.16. The molecular formula is C17H11BrF3N3O2S. The number of carbonyl (C=O) groups is 1. The lowest BCUT2D eigenvalue weighted by Gasteiger charge is -2.13. The number of thioether (sulfide) groups is 1. The highest BCUT2D eigenvalue weighted by molar-refractivity contribution is 9.10. The van der Waals surface area contributed by atoms with Crippen LogP contribution < -0.4 is 5.32 Å². The number of hydrogen-bond acceptors (Lipinski definition) is 5. The standard InChI is InChI=1S/C17H11BrF3N3O2S/c18-11-5-3-4-10(8-11)15-23-24-16(26-15)27-9-14(25)22-13-7-2-1-6-12(13)17(19,20)21/h1-8H,9H2,(H,22,25). The number of carbonyl (C=O) groups excluding carboxylic acids is 1. The van der Waals surface area contributed by atoms with Gasteiger partial charge in [-0.2, -0.15) is 13.2 Å². The van der Waals surface area contributed by atoms with Crippen molar-refractivity contribution >= 4 is 39.3 Å². The van der Waals surface area contributed by atoms with Gasteiger partial charge in [0, 0.05) is 10.0 Å². The van der Waals surface area contributed by atoms with E-state index < -0.39 is 17.6 Å². The number of halogens is 4. The molecule has 0 bridgehead atoms. The summed E-state index contributed by atoms with van der Waals surface area (Å²) in [5.41, 5.74) is -0.499. The molecule has 1 amide bonds. The lowest BCUT2D eigenvalue weighted by atomic mass is 10.1. The normalized spacial score (nSPS) is 11.4. The minimum Gasteiger partial charge on any atom is -0.411 e. The largest absolute Gasteiger partial charge is 0.418 e. The summed E-state index contributed by atoms with van der Waals surface area (Å²) in [7, 11) is 0. The maximum Gasteiger partial charge on any atom is 0.418 e. The van der Waals surface area contributed by atoms with Crippen molar-refractivity contribution in [3.63, 3.8) is 0 Å². The van der Waals surface area contributed by atoms with Crippen molar-refractivity contribution < 1.29 is 22.4 Å². The third-order valence-corrected chi connectivity index (χ3v) is 4.62. The molecule has 0 aliphatic carbocycles. The average molecular weight is 458 g/mol. The van der Waals surface area contributed by atoms with Crippen molar-refractivity contribution in [3.8, 4) is 11.5 Å². The van der Waals surface area contributed by atoms with Crippen molar-refractivity contribution in [2.75, 3.05) is 11.1 Å². The third kappa shape index (κ3) is 5.10. The van der Waals surface area contributed by atoms with Gasteiger partial charge in [-0.25, -0.2) is 0 Å². The first-order chi connectivity index (χ1) is 12.8. The van der Waals surface area contributed by atoms with E-state index >= 15 is 0 Å². The van der Waals surface area contributed by atoms with Gasteiger partial charge >= 0.3 is 6.18 Å². The van der Waals surface area contributed by atoms with Crippen molar-refractivity contribution in [1.82, 2.24) is 10.2 Å². The SMILES string of the molecule is O=C(CSc1nnc(-c2cccc(Br)c2)o1)Nc1ccccc1C(F)(F)F. The molecule has 0 saturated carbocycles. The Kier molecular flexibility index (Phi) is 5.85. The van der Waals surface area contributed by atoms with Crippen LogP contribution >= 0.6 is 27.7 Å². The van der Waals surface area contributed by atoms with E-state index in [4.69, 9.17) is 4.42 Å². The number of amides is 1. The van der Waals surface area contributed by atoms with Gasteiger partial charge in [-0.15, -0.1) is 10.2 Å². The van der Waals surface area contributed by atoms with Gasteiger partial charge in [0.25, 0.3) is 5.22 Å². The van der Waals surface area contributed by atoms with Crippen molar-refractivity contribution in [2.24, 2.45) is 0 Å². The molecule has 0 spiro atoms. The molecule has 27 heavy (non-hydrogen) atoms. The van der Waals surface area contributed by atoms with Crippen LogP contribution in [0.2, 0.25) is 0 Å². The van der Waals surface area contributed by atoms with Gasteiger partial charge in [-0.3, -0.25) is 4.79 Å². The number of benzene rings is 2. The lowest BCUT2D eigenvalue weighted by Crippen LogP contribution is -2.18. The van der Waals surface area contributed by atoms with E-state index in [1.165, 1.54) is 18.2 Å². The van der Waals surface area contributed by atoms with Crippen molar-refractivity contribution in [3.05, 3.63) is 58.6 Å². The Bertz CT molecular complexity index is 962. The molecule has 0 saturated heterocycles. The van der Waals surface area contributed by atoms with Gasteiger partial charge in [-0.1, -0.05) is 45.9 Å². The maximum absolute atomic E-state index is 12.9. The van der Waals surface area contributed by atoms with E-state index in [2.05, 4.69) is 31.4 Å². The molecule has 5 nitrogen and oxygen atoms in total. The molecule has 1 heterocycles. The van der Waals surface area contributed by atoms with Crippen LogP contribution in [-0.2, 0) is 11.0 Å². The van der Waals surface area contributed by atoms with Crippen LogP contribution in [0.4, 0.5) is 18.9 Å². The number of rotatable bonds is 5. The maximum atomic E-state index is 12.9. The highest BCUT2D eigenvalue weighted by Gasteiger charge is 2.33. The number of aromatic nitrogens is 2. The zero-order valence-corrected chi connectivity index (χ0v) is 15.9. The van der Waals surface area contributed by atoms with E-state index in [1.54, 1.807) is 12.1 Å². The molecule has 0 aliphatic heterocycles. The first-order valence-electron chi connectivity index (χ1n) is 7.51. The minimum absolute atomic E-state index is 0.143. The summed E-state index contributed by atoms with van der Waals surface area (Å²) in [5.74, 6) is -0.507. The number of nitrogens with one attached hydrogen (secondary N) is 1. The molecular weight excluding hydrogens is 447 g/mol. The van der Waals surface area contributed by atoms with E-state index in [0.29, 0.717) is 5.56 Å². The minimum atomic E-state index is -4.55. The van der Waals surface area contributed by atoms with E-state index in [1.807, 2.05) is 12.1 Å². The molecule has 3 aromatic rings. The van der Waals surface area contributed by atoms with Crippen LogP contribution in [-0.4, -0.2) is 21.9 Å². The molecule has 140 valence electrons. The lowest BCUT2D eigenvalue weighted by molar-refractivity contribution is -0.137. The molecule has 0 radical (unpaired) electrons. The monoisotopic (exact) mass is 457 g/mol. The van der Waals surface area contributed by atoms with Gasteiger partial charge in [-0.05, 0) is 30.3 Å². The van der Waals surface area contributed by atoms with Gasteiger partial charge in [0.15, 0.2) is 0 Å². The van der Waals surface area contributed by atoms with Gasteiger partial charge in [0.1, 0.15) is 0 Å². The van der Waals surface area contributed by atoms with Crippen molar-refractivity contribution in [1.29, 1.82) is 0 Å². The van der Waals surface area contributed by atoms with Crippen LogP contribution in [0.25, 0.3) is 11.5 Å². The highest BCUT2D eigenvalue weighted by Crippen LogP contribution is 2.34. The molecule has 10 heteroatoms. The number of hydrogen-bond donors (Lipinski definition) is 1. The van der Waals surface area contributed by atoms with E-state index in [0.717, 1.165) is 22.3 Å². The predicted octanol–water partition coefficient (Wildman–Crippen LogP) is 5.25. The van der Waals surface area contributed by atoms with Crippen LogP contribution in [0.3, 0.4) is 0 Å². The Hall–Kier alpha value is -2.33. The van der Waals surface area contributed by atoms with Crippen LogP contribution in [0.1, 0.15) is 5.56 Å². The van der Waals surface area contributed by atoms with Crippen molar-refractivity contribution in [2.45, 2.75) is 11.4 Å². The van der Waals surface area contributed by atoms with E-state index in [-0.39, 0.29) is 22.6 Å². The Labute approximate surface area is 164 Å². The molecule has 3 rings (SSSR count). The summed E-state index contributed by atoms with van der Waals surface area (Å²) in [6.45, 7) is 0. The molecule has 0 fully saturated rings. The van der Waals surface area contributed by atoms with Gasteiger partial charge in [0.2, 0.25) is 11.8 Å². The van der Waals surface area contributed by atoms with Crippen LogP contribution in [0, 0.1) is 0 Å². The Morgan fingerprint density at radius 2 is 1.93 bits per heavy atom. The average Bonchev–Trinajstić information content (AvgIpc) is 3.09. The Morgan fingerprint density at radius 3 is 2.67 bits per heavy atom. The molecule has 1 aromatic heterocycles. The Balaban J connectivity index is 1.62. The van der Waals surface area contributed by atoms with Gasteiger partial charge < -0.3 is 9.73 Å². The second-order valence-corrected chi connectivity index (χ2v) is 7.11. The summed E-state index contributed by atoms with van der Waals surface area (Å²) in [6, 6.07) is 12.0. The molecule has 0 unspecified atom stereocenters. The first kappa shape index (κ1) is 19.4. The summed E-state index contributed by atoms with van der Waals surface area (Å²) < 4.78 is 45.2. The second-order valence-electron chi connectivity index (χ2n) is 5.26. The predicted molar refractivity (Wildman–Crippen MR) is 98.2 cm³/mol. The number of para-hydroxylation sites is 1. The van der Waals surface area contributed by atoms with Crippen LogP contribution in [0.15, 0.2) is 62.6 Å². The summed E-state index contributed by atoms with van der Waals surface area (Å²) in [4.78, 5) is 12.0. The number of alkyl halides is 3. The Morgan fingerprint density at radius 1 is 1.15 bits per heavy atom. The topological polar surface area (TPSA) is 68.0 Å². The molecule has 0 aliphatic rings. The molecule has 0 atom stereocenters. The first-order valence-corrected chi connectivity index (χ1v) is 9.29. The molecule has 2 aromatic carbocycles. The zero-order chi connectivity index (χ0) is 19.4. The quantitative estimate of drug-likeness (QED) is 0.530. The fraction of sp³-hybridized carbons (Fsp3) is 0.118. The van der Waals surface area contributed by atoms with E-state index in [9.17, 15) is 18.0 Å². The summed E-state index contributed by atoms with van der Waals surface area (Å²) in [6.07, 6.45) is -4.55. The highest BCUT2D eigenvalue weighted by atomic mass is 79.9. The smallest absolute Gasteiger partial charge is 0.411 e. The number of nitrogens with zero attached hydrogens (tertiary/aromatic N) is 2. The zero-order valence-electron chi connectivity index (χ0n) is 13.5. The fourth-order valence-corrected chi connectivity index (χ4v) is 3.12. The summed E-state index contributed by atoms with van der Waals surface area (Å²) in [5, 5.41) is 10.1.